The molecule has 0 spiro atoms. The van der Waals surface area contributed by atoms with Crippen LogP contribution in [-0.2, 0) is 0 Å². The lowest BCUT2D eigenvalue weighted by atomic mass is 10.0. The average Bonchev–Trinajstić information content (AvgIpc) is 2.70. The molecule has 1 fully saturated rings. The largest absolute Gasteiger partial charge is 0.491 e. The molecule has 0 radical (unpaired) electrons. The van der Waals surface area contributed by atoms with Crippen molar-refractivity contribution < 1.29 is 4.74 Å². The predicted molar refractivity (Wildman–Crippen MR) is 74.8 cm³/mol. The Kier molecular flexibility index (Phi) is 4.25. The van der Waals surface area contributed by atoms with Gasteiger partial charge in [0, 0.05) is 12.6 Å². The Morgan fingerprint density at radius 1 is 1.44 bits per heavy atom. The summed E-state index contributed by atoms with van der Waals surface area (Å²) in [5.74, 6) is 0.942. The molecule has 2 atom stereocenters. The third kappa shape index (κ3) is 2.85. The van der Waals surface area contributed by atoms with Gasteiger partial charge in [0.15, 0.2) is 0 Å². The lowest BCUT2D eigenvalue weighted by Crippen LogP contribution is -2.31. The third-order valence-electron chi connectivity index (χ3n) is 3.53. The van der Waals surface area contributed by atoms with Gasteiger partial charge in [-0.2, -0.15) is 0 Å². The van der Waals surface area contributed by atoms with Crippen LogP contribution >= 0.6 is 0 Å². The molecule has 0 amide bonds. The molecular weight excluding hydrogens is 224 g/mol. The SMILES string of the molecule is CCN1CCC(N)C1c1cccc(OC(C)C)c1. The van der Waals surface area contributed by atoms with E-state index < -0.39 is 0 Å². The van der Waals surface area contributed by atoms with E-state index in [1.54, 1.807) is 0 Å². The van der Waals surface area contributed by atoms with E-state index in [9.17, 15) is 0 Å². The Balaban J connectivity index is 2.21. The van der Waals surface area contributed by atoms with E-state index in [0.717, 1.165) is 25.3 Å². The number of hydrogen-bond acceptors (Lipinski definition) is 3. The van der Waals surface area contributed by atoms with E-state index in [1.165, 1.54) is 5.56 Å². The Bertz CT molecular complexity index is 392. The molecule has 0 saturated carbocycles. The number of ether oxygens (including phenoxy) is 1. The zero-order valence-corrected chi connectivity index (χ0v) is 11.6. The molecule has 0 aromatic heterocycles. The van der Waals surface area contributed by atoms with Crippen LogP contribution in [0.25, 0.3) is 0 Å². The van der Waals surface area contributed by atoms with Gasteiger partial charge in [0.25, 0.3) is 0 Å². The van der Waals surface area contributed by atoms with E-state index in [2.05, 4.69) is 30.0 Å². The molecule has 100 valence electrons. The van der Waals surface area contributed by atoms with E-state index >= 15 is 0 Å². The van der Waals surface area contributed by atoms with Gasteiger partial charge < -0.3 is 10.5 Å². The van der Waals surface area contributed by atoms with Gasteiger partial charge in [-0.15, -0.1) is 0 Å². The van der Waals surface area contributed by atoms with Crippen molar-refractivity contribution in [2.75, 3.05) is 13.1 Å². The molecule has 3 nitrogen and oxygen atoms in total. The molecule has 0 aliphatic carbocycles. The van der Waals surface area contributed by atoms with Crippen LogP contribution in [0.4, 0.5) is 0 Å². The summed E-state index contributed by atoms with van der Waals surface area (Å²) in [5.41, 5.74) is 7.52. The average molecular weight is 248 g/mol. The van der Waals surface area contributed by atoms with Crippen LogP contribution in [0.5, 0.6) is 5.75 Å². The van der Waals surface area contributed by atoms with Crippen LogP contribution in [0.15, 0.2) is 24.3 Å². The molecular formula is C15H24N2O. The summed E-state index contributed by atoms with van der Waals surface area (Å²) in [5, 5.41) is 0. The first-order chi connectivity index (χ1) is 8.61. The van der Waals surface area contributed by atoms with Gasteiger partial charge in [0.1, 0.15) is 5.75 Å². The number of nitrogens with zero attached hydrogens (tertiary/aromatic N) is 1. The molecule has 1 aromatic rings. The molecule has 2 unspecified atom stereocenters. The number of benzene rings is 1. The summed E-state index contributed by atoms with van der Waals surface area (Å²) >= 11 is 0. The van der Waals surface area contributed by atoms with Crippen molar-refractivity contribution in [2.24, 2.45) is 5.73 Å². The summed E-state index contributed by atoms with van der Waals surface area (Å²) in [6.07, 6.45) is 1.29. The second-order valence-corrected chi connectivity index (χ2v) is 5.27. The number of hydrogen-bond donors (Lipinski definition) is 1. The maximum atomic E-state index is 6.25. The second kappa shape index (κ2) is 5.72. The van der Waals surface area contributed by atoms with Gasteiger partial charge in [-0.3, -0.25) is 4.90 Å². The Morgan fingerprint density at radius 3 is 2.89 bits per heavy atom. The van der Waals surface area contributed by atoms with E-state index in [1.807, 2.05) is 19.9 Å². The van der Waals surface area contributed by atoms with Crippen LogP contribution in [0.2, 0.25) is 0 Å². The van der Waals surface area contributed by atoms with E-state index in [4.69, 9.17) is 10.5 Å². The molecule has 1 aliphatic rings. The monoisotopic (exact) mass is 248 g/mol. The lowest BCUT2D eigenvalue weighted by molar-refractivity contribution is 0.238. The molecule has 1 saturated heterocycles. The second-order valence-electron chi connectivity index (χ2n) is 5.27. The maximum absolute atomic E-state index is 6.25. The first-order valence-electron chi connectivity index (χ1n) is 6.88. The van der Waals surface area contributed by atoms with Crippen molar-refractivity contribution in [1.82, 2.24) is 4.90 Å². The van der Waals surface area contributed by atoms with Gasteiger partial charge in [-0.25, -0.2) is 0 Å². The Morgan fingerprint density at radius 2 is 2.22 bits per heavy atom. The topological polar surface area (TPSA) is 38.5 Å². The molecule has 3 heteroatoms. The highest BCUT2D eigenvalue weighted by molar-refractivity contribution is 5.32. The van der Waals surface area contributed by atoms with Crippen LogP contribution in [0, 0.1) is 0 Å². The quantitative estimate of drug-likeness (QED) is 0.890. The lowest BCUT2D eigenvalue weighted by Gasteiger charge is -2.26. The smallest absolute Gasteiger partial charge is 0.120 e. The van der Waals surface area contributed by atoms with Crippen molar-refractivity contribution in [2.45, 2.75) is 45.4 Å². The van der Waals surface area contributed by atoms with E-state index in [0.29, 0.717) is 6.04 Å². The van der Waals surface area contributed by atoms with Gasteiger partial charge in [0.2, 0.25) is 0 Å². The highest BCUT2D eigenvalue weighted by Crippen LogP contribution is 2.32. The van der Waals surface area contributed by atoms with Crippen LogP contribution < -0.4 is 10.5 Å². The van der Waals surface area contributed by atoms with E-state index in [-0.39, 0.29) is 12.1 Å². The first-order valence-corrected chi connectivity index (χ1v) is 6.88. The molecule has 1 aliphatic heterocycles. The minimum Gasteiger partial charge on any atom is -0.491 e. The molecule has 0 bridgehead atoms. The normalized spacial score (nSPS) is 24.7. The minimum atomic E-state index is 0.208. The zero-order chi connectivity index (χ0) is 13.1. The van der Waals surface area contributed by atoms with Gasteiger partial charge in [-0.05, 0) is 44.5 Å². The standard InChI is InChI=1S/C15H24N2O/c1-4-17-9-8-14(16)15(17)12-6-5-7-13(10-12)18-11(2)3/h5-7,10-11,14-15H,4,8-9,16H2,1-3H3. The molecule has 1 aromatic carbocycles. The van der Waals surface area contributed by atoms with Crippen molar-refractivity contribution >= 4 is 0 Å². The zero-order valence-electron chi connectivity index (χ0n) is 11.6. The van der Waals surface area contributed by atoms with Gasteiger partial charge in [-0.1, -0.05) is 19.1 Å². The highest BCUT2D eigenvalue weighted by Gasteiger charge is 2.31. The summed E-state index contributed by atoms with van der Waals surface area (Å²) in [6.45, 7) is 8.43. The van der Waals surface area contributed by atoms with Crippen molar-refractivity contribution in [1.29, 1.82) is 0 Å². The van der Waals surface area contributed by atoms with Crippen LogP contribution in [0.1, 0.15) is 38.8 Å². The summed E-state index contributed by atoms with van der Waals surface area (Å²) < 4.78 is 5.76. The number of rotatable bonds is 4. The third-order valence-corrected chi connectivity index (χ3v) is 3.53. The molecule has 1 heterocycles. The highest BCUT2D eigenvalue weighted by atomic mass is 16.5. The van der Waals surface area contributed by atoms with Crippen molar-refractivity contribution in [3.63, 3.8) is 0 Å². The fourth-order valence-electron chi connectivity index (χ4n) is 2.74. The fourth-order valence-corrected chi connectivity index (χ4v) is 2.74. The first kappa shape index (κ1) is 13.4. The van der Waals surface area contributed by atoms with Crippen LogP contribution in [0.3, 0.4) is 0 Å². The summed E-state index contributed by atoms with van der Waals surface area (Å²) in [6, 6.07) is 8.95. The molecule has 18 heavy (non-hydrogen) atoms. The van der Waals surface area contributed by atoms with Crippen molar-refractivity contribution in [3.8, 4) is 5.75 Å². The Labute approximate surface area is 110 Å². The maximum Gasteiger partial charge on any atom is 0.120 e. The Hall–Kier alpha value is -1.06. The number of likely N-dealkylation sites (N-methyl/N-ethyl adjacent to an activating group) is 1. The molecule has 2 rings (SSSR count). The fraction of sp³-hybridized carbons (Fsp3) is 0.600. The van der Waals surface area contributed by atoms with Gasteiger partial charge >= 0.3 is 0 Å². The molecule has 2 N–H and O–H groups in total. The number of likely N-dealkylation sites (tertiary alicyclic amines) is 1. The number of nitrogens with two attached hydrogens (primary N) is 1. The van der Waals surface area contributed by atoms with Gasteiger partial charge in [0.05, 0.1) is 12.1 Å². The summed E-state index contributed by atoms with van der Waals surface area (Å²) in [7, 11) is 0. The minimum absolute atomic E-state index is 0.208. The van der Waals surface area contributed by atoms with Crippen LogP contribution in [-0.4, -0.2) is 30.1 Å². The predicted octanol–water partition coefficient (Wildman–Crippen LogP) is 2.57. The van der Waals surface area contributed by atoms with Crippen molar-refractivity contribution in [3.05, 3.63) is 29.8 Å². The summed E-state index contributed by atoms with van der Waals surface area (Å²) in [4.78, 5) is 2.44.